The van der Waals surface area contributed by atoms with E-state index >= 15 is 0 Å². The van der Waals surface area contributed by atoms with Gasteiger partial charge in [0.15, 0.2) is 0 Å². The summed E-state index contributed by atoms with van der Waals surface area (Å²) in [5, 5.41) is 8.96. The van der Waals surface area contributed by atoms with Crippen LogP contribution < -0.4 is 0 Å². The summed E-state index contributed by atoms with van der Waals surface area (Å²) in [5.41, 5.74) is 3.55. The number of thioether (sulfide) groups is 1. The Morgan fingerprint density at radius 2 is 1.71 bits per heavy atom. The average molecular weight is 244 g/mol. The molecule has 17 heavy (non-hydrogen) atoms. The van der Waals surface area contributed by atoms with Gasteiger partial charge in [0, 0.05) is 10.6 Å². The lowest BCUT2D eigenvalue weighted by Crippen LogP contribution is -1.85. The van der Waals surface area contributed by atoms with E-state index < -0.39 is 0 Å². The van der Waals surface area contributed by atoms with Gasteiger partial charge in [-0.15, -0.1) is 11.8 Å². The SMILES string of the molecule is Cc1cccc(SCc2ccc(CO)cc2)c1. The van der Waals surface area contributed by atoms with Crippen LogP contribution in [0, 0.1) is 6.92 Å². The van der Waals surface area contributed by atoms with E-state index in [4.69, 9.17) is 5.11 Å². The largest absolute Gasteiger partial charge is 0.392 e. The van der Waals surface area contributed by atoms with Crippen molar-refractivity contribution in [3.63, 3.8) is 0 Å². The topological polar surface area (TPSA) is 20.2 Å². The molecule has 0 fully saturated rings. The molecule has 2 aromatic carbocycles. The monoisotopic (exact) mass is 244 g/mol. The molecule has 0 unspecified atom stereocenters. The van der Waals surface area contributed by atoms with Crippen LogP contribution in [-0.2, 0) is 12.4 Å². The highest BCUT2D eigenvalue weighted by Crippen LogP contribution is 2.23. The summed E-state index contributed by atoms with van der Waals surface area (Å²) in [5.74, 6) is 0.967. The van der Waals surface area contributed by atoms with Crippen LogP contribution in [0.4, 0.5) is 0 Å². The van der Waals surface area contributed by atoms with Gasteiger partial charge in [0.05, 0.1) is 6.61 Å². The first kappa shape index (κ1) is 12.2. The maximum absolute atomic E-state index is 8.96. The van der Waals surface area contributed by atoms with Crippen molar-refractivity contribution < 1.29 is 5.11 Å². The minimum absolute atomic E-state index is 0.116. The van der Waals surface area contributed by atoms with E-state index in [9.17, 15) is 0 Å². The first-order valence-corrected chi connectivity index (χ1v) is 6.64. The highest BCUT2D eigenvalue weighted by molar-refractivity contribution is 7.98. The molecule has 0 radical (unpaired) electrons. The van der Waals surface area contributed by atoms with Gasteiger partial charge < -0.3 is 5.11 Å². The summed E-state index contributed by atoms with van der Waals surface area (Å²) in [4.78, 5) is 1.30. The van der Waals surface area contributed by atoms with E-state index in [1.165, 1.54) is 16.0 Å². The number of rotatable bonds is 4. The number of aryl methyl sites for hydroxylation is 1. The van der Waals surface area contributed by atoms with Crippen molar-refractivity contribution in [2.45, 2.75) is 24.2 Å². The summed E-state index contributed by atoms with van der Waals surface area (Å²) in [6.45, 7) is 2.23. The predicted molar refractivity (Wildman–Crippen MR) is 73.1 cm³/mol. The van der Waals surface area contributed by atoms with Crippen molar-refractivity contribution in [1.29, 1.82) is 0 Å². The lowest BCUT2D eigenvalue weighted by atomic mass is 10.2. The van der Waals surface area contributed by atoms with Crippen LogP contribution in [0.2, 0.25) is 0 Å². The highest BCUT2D eigenvalue weighted by Gasteiger charge is 1.97. The Hall–Kier alpha value is -1.25. The first-order valence-electron chi connectivity index (χ1n) is 5.66. The molecule has 0 saturated carbocycles. The standard InChI is InChI=1S/C15H16OS/c1-12-3-2-4-15(9-12)17-11-14-7-5-13(10-16)6-8-14/h2-9,16H,10-11H2,1H3. The number of hydrogen-bond donors (Lipinski definition) is 1. The van der Waals surface area contributed by atoms with Gasteiger partial charge in [-0.25, -0.2) is 0 Å². The molecular formula is C15H16OS. The van der Waals surface area contributed by atoms with Crippen LogP contribution in [0.25, 0.3) is 0 Å². The molecule has 0 aromatic heterocycles. The maximum atomic E-state index is 8.96. The van der Waals surface area contributed by atoms with Crippen LogP contribution in [-0.4, -0.2) is 5.11 Å². The third kappa shape index (κ3) is 3.62. The fourth-order valence-corrected chi connectivity index (χ4v) is 2.58. The Morgan fingerprint density at radius 3 is 2.35 bits per heavy atom. The van der Waals surface area contributed by atoms with Crippen molar-refractivity contribution in [3.8, 4) is 0 Å². The summed E-state index contributed by atoms with van der Waals surface area (Å²) in [7, 11) is 0. The summed E-state index contributed by atoms with van der Waals surface area (Å²) >= 11 is 1.84. The quantitative estimate of drug-likeness (QED) is 0.826. The second-order valence-electron chi connectivity index (χ2n) is 4.08. The van der Waals surface area contributed by atoms with Crippen molar-refractivity contribution in [2.24, 2.45) is 0 Å². The molecular weight excluding hydrogens is 228 g/mol. The van der Waals surface area contributed by atoms with Gasteiger partial charge >= 0.3 is 0 Å². The van der Waals surface area contributed by atoms with E-state index in [2.05, 4.69) is 43.3 Å². The van der Waals surface area contributed by atoms with E-state index in [0.29, 0.717) is 0 Å². The molecule has 0 aliphatic rings. The molecule has 0 saturated heterocycles. The molecule has 0 atom stereocenters. The Kier molecular flexibility index (Phi) is 4.24. The lowest BCUT2D eigenvalue weighted by Gasteiger charge is -2.04. The summed E-state index contributed by atoms with van der Waals surface area (Å²) in [6, 6.07) is 16.7. The molecule has 0 bridgehead atoms. The zero-order chi connectivity index (χ0) is 12.1. The molecule has 0 aliphatic heterocycles. The van der Waals surface area contributed by atoms with Crippen LogP contribution in [0.5, 0.6) is 0 Å². The Bertz CT molecular complexity index is 477. The Morgan fingerprint density at radius 1 is 1.00 bits per heavy atom. The third-order valence-electron chi connectivity index (χ3n) is 2.60. The number of benzene rings is 2. The second-order valence-corrected chi connectivity index (χ2v) is 5.13. The molecule has 0 aliphatic carbocycles. The molecule has 2 aromatic rings. The van der Waals surface area contributed by atoms with E-state index in [0.717, 1.165) is 11.3 Å². The molecule has 88 valence electrons. The number of aliphatic hydroxyl groups is 1. The zero-order valence-corrected chi connectivity index (χ0v) is 10.7. The molecule has 0 heterocycles. The maximum Gasteiger partial charge on any atom is 0.0681 e. The number of aliphatic hydroxyl groups excluding tert-OH is 1. The first-order chi connectivity index (χ1) is 8.28. The molecule has 2 rings (SSSR count). The van der Waals surface area contributed by atoms with Gasteiger partial charge in [0.25, 0.3) is 0 Å². The van der Waals surface area contributed by atoms with Crippen LogP contribution >= 0.6 is 11.8 Å². The van der Waals surface area contributed by atoms with Gasteiger partial charge in [0.1, 0.15) is 0 Å². The van der Waals surface area contributed by atoms with E-state index in [1.54, 1.807) is 0 Å². The van der Waals surface area contributed by atoms with E-state index in [1.807, 2.05) is 23.9 Å². The fraction of sp³-hybridized carbons (Fsp3) is 0.200. The summed E-state index contributed by atoms with van der Waals surface area (Å²) < 4.78 is 0. The molecule has 2 heteroatoms. The minimum atomic E-state index is 0.116. The zero-order valence-electron chi connectivity index (χ0n) is 9.89. The Labute approximate surface area is 107 Å². The summed E-state index contributed by atoms with van der Waals surface area (Å²) in [6.07, 6.45) is 0. The van der Waals surface area contributed by atoms with Crippen molar-refractivity contribution in [2.75, 3.05) is 0 Å². The molecule has 1 N–H and O–H groups in total. The minimum Gasteiger partial charge on any atom is -0.392 e. The second kappa shape index (κ2) is 5.89. The van der Waals surface area contributed by atoms with Gasteiger partial charge in [-0.05, 0) is 30.2 Å². The van der Waals surface area contributed by atoms with Crippen LogP contribution in [0.15, 0.2) is 53.4 Å². The van der Waals surface area contributed by atoms with Crippen molar-refractivity contribution >= 4 is 11.8 Å². The number of hydrogen-bond acceptors (Lipinski definition) is 2. The molecule has 1 nitrogen and oxygen atoms in total. The van der Waals surface area contributed by atoms with Crippen molar-refractivity contribution in [3.05, 3.63) is 65.2 Å². The van der Waals surface area contributed by atoms with Crippen LogP contribution in [0.3, 0.4) is 0 Å². The van der Waals surface area contributed by atoms with Gasteiger partial charge in [-0.2, -0.15) is 0 Å². The predicted octanol–water partition coefficient (Wildman–Crippen LogP) is 3.78. The average Bonchev–Trinajstić information content (AvgIpc) is 2.37. The molecule has 0 amide bonds. The highest BCUT2D eigenvalue weighted by atomic mass is 32.2. The smallest absolute Gasteiger partial charge is 0.0681 e. The van der Waals surface area contributed by atoms with Gasteiger partial charge in [0.2, 0.25) is 0 Å². The third-order valence-corrected chi connectivity index (χ3v) is 3.67. The van der Waals surface area contributed by atoms with Gasteiger partial charge in [-0.3, -0.25) is 0 Å². The fourth-order valence-electron chi connectivity index (χ4n) is 1.61. The lowest BCUT2D eigenvalue weighted by molar-refractivity contribution is 0.282. The molecule has 0 spiro atoms. The van der Waals surface area contributed by atoms with Gasteiger partial charge in [-0.1, -0.05) is 42.0 Å². The van der Waals surface area contributed by atoms with Crippen molar-refractivity contribution in [1.82, 2.24) is 0 Å². The normalized spacial score (nSPS) is 10.5. The van der Waals surface area contributed by atoms with E-state index in [-0.39, 0.29) is 6.61 Å². The van der Waals surface area contributed by atoms with Crippen LogP contribution in [0.1, 0.15) is 16.7 Å². The Balaban J connectivity index is 1.97.